The van der Waals surface area contributed by atoms with Gasteiger partial charge in [0.25, 0.3) is 5.56 Å². The van der Waals surface area contributed by atoms with Gasteiger partial charge in [0.05, 0.1) is 13.2 Å². The molecule has 1 unspecified atom stereocenters. The highest BCUT2D eigenvalue weighted by Gasteiger charge is 2.56. The number of rotatable bonds is 20. The van der Waals surface area contributed by atoms with E-state index in [2.05, 4.69) is 24.4 Å². The van der Waals surface area contributed by atoms with Crippen LogP contribution >= 0.6 is 15.6 Å². The lowest BCUT2D eigenvalue weighted by Gasteiger charge is -2.34. The van der Waals surface area contributed by atoms with Gasteiger partial charge < -0.3 is 28.9 Å². The van der Waals surface area contributed by atoms with Crippen LogP contribution in [0.2, 0.25) is 0 Å². The van der Waals surface area contributed by atoms with Crippen LogP contribution in [0.25, 0.3) is 19.4 Å². The van der Waals surface area contributed by atoms with E-state index in [1.54, 1.807) is 6.92 Å². The number of hydrogen-bond donors (Lipinski definition) is 1. The van der Waals surface area contributed by atoms with Crippen LogP contribution in [0.3, 0.4) is 0 Å². The van der Waals surface area contributed by atoms with Crippen LogP contribution in [0.15, 0.2) is 21.9 Å². The largest absolute Gasteiger partial charge is 0.475 e. The maximum absolute atomic E-state index is 13.5. The number of ether oxygens (including phenoxy) is 2. The van der Waals surface area contributed by atoms with Crippen molar-refractivity contribution in [3.8, 4) is 0 Å². The second kappa shape index (κ2) is 17.9. The Bertz CT molecular complexity index is 1360. The zero-order valence-corrected chi connectivity index (χ0v) is 25.8. The van der Waals surface area contributed by atoms with E-state index >= 15 is 0 Å². The molecule has 1 aliphatic rings. The molecule has 0 spiro atoms. The van der Waals surface area contributed by atoms with Crippen molar-refractivity contribution < 1.29 is 45.7 Å². The first-order valence-electron chi connectivity index (χ1n) is 12.9. The molecule has 0 amide bonds. The molecule has 0 saturated carbocycles. The smallest absolute Gasteiger partial charge is 0.376 e. The van der Waals surface area contributed by atoms with Gasteiger partial charge in [0.15, 0.2) is 6.23 Å². The normalized spacial score (nSPS) is 19.5. The third kappa shape index (κ3) is 10.4. The van der Waals surface area contributed by atoms with Gasteiger partial charge in [-0.2, -0.15) is 0 Å². The summed E-state index contributed by atoms with van der Waals surface area (Å²) in [7, 11) is -7.51. The molecule has 44 heavy (non-hydrogen) atoms. The zero-order chi connectivity index (χ0) is 32.6. The first kappa shape index (κ1) is 37.0. The average Bonchev–Trinajstić information content (AvgIpc) is 3.27. The van der Waals surface area contributed by atoms with E-state index in [1.807, 2.05) is 0 Å². The van der Waals surface area contributed by atoms with Gasteiger partial charge >= 0.3 is 21.3 Å². The van der Waals surface area contributed by atoms with Gasteiger partial charge in [-0.1, -0.05) is 6.92 Å². The summed E-state index contributed by atoms with van der Waals surface area (Å²) in [6.07, 6.45) is -0.968. The number of methoxy groups -OCH3 is 1. The van der Waals surface area contributed by atoms with Gasteiger partial charge in [0.2, 0.25) is 26.2 Å². The zero-order valence-electron chi connectivity index (χ0n) is 24.0. The molecule has 1 aromatic heterocycles. The standard InChI is InChI=1S/C24H32N6O12P2/c1-19-21(35-6)22(30-12-7-20(31)29-23(30)32)42-24(19,17-40-43(33,36-13-8-25-2)37-14-9-26-3)18-41-44(34,38-15-10-27-4)39-16-11-28-5/h7,12,19,21-22H,8-11,13-18H2,1,6H3,(H,29,31,32)/t19-,21?,22-/m1/s1. The molecule has 0 aromatic carbocycles. The number of aromatic amines is 1. The SMILES string of the molecule is [C-]#[N+]CCOP(=O)(OCC[N+]#[C-])OCC1(COP(=O)(OCC[N+]#[C-])OCC[N+]#[C-])O[C@@H](n2ccc(=O)[nH]c2=O)C(OC)[C@H]1C. The number of hydrogen-bond acceptors (Lipinski definition) is 12. The lowest BCUT2D eigenvalue weighted by Crippen LogP contribution is -2.45. The predicted octanol–water partition coefficient (Wildman–Crippen LogP) is 2.45. The lowest BCUT2D eigenvalue weighted by atomic mass is 9.88. The first-order chi connectivity index (χ1) is 21.0. The van der Waals surface area contributed by atoms with Crippen molar-refractivity contribution in [1.82, 2.24) is 9.55 Å². The van der Waals surface area contributed by atoms with Crippen LogP contribution in [-0.4, -0.2) is 94.2 Å². The minimum absolute atomic E-state index is 0.170. The van der Waals surface area contributed by atoms with Crippen molar-refractivity contribution in [2.45, 2.75) is 24.9 Å². The molecule has 0 bridgehead atoms. The van der Waals surface area contributed by atoms with Crippen LogP contribution in [0.4, 0.5) is 0 Å². The van der Waals surface area contributed by atoms with Crippen molar-refractivity contribution in [3.63, 3.8) is 0 Å². The molecule has 1 fully saturated rings. The Morgan fingerprint density at radius 1 is 0.841 bits per heavy atom. The predicted molar refractivity (Wildman–Crippen MR) is 151 cm³/mol. The molecule has 18 nitrogen and oxygen atoms in total. The Hall–Kier alpha value is -3.22. The lowest BCUT2D eigenvalue weighted by molar-refractivity contribution is -0.137. The number of H-pyrrole nitrogens is 1. The highest BCUT2D eigenvalue weighted by atomic mass is 31.2. The fourth-order valence-corrected chi connectivity index (χ4v) is 6.31. The summed E-state index contributed by atoms with van der Waals surface area (Å²) in [5, 5.41) is 0. The van der Waals surface area contributed by atoms with E-state index in [4.69, 9.17) is 62.9 Å². The summed E-state index contributed by atoms with van der Waals surface area (Å²) >= 11 is 0. The minimum Gasteiger partial charge on any atom is -0.376 e. The van der Waals surface area contributed by atoms with Gasteiger partial charge in [-0.15, -0.1) is 0 Å². The second-order valence-corrected chi connectivity index (χ2v) is 12.2. The summed E-state index contributed by atoms with van der Waals surface area (Å²) in [4.78, 5) is 39.0. The topological polar surface area (TPSA) is 180 Å². The van der Waals surface area contributed by atoms with Crippen LogP contribution in [0, 0.1) is 32.2 Å². The Morgan fingerprint density at radius 3 is 1.64 bits per heavy atom. The molecular formula is C24H32N6O12P2. The molecule has 1 saturated heterocycles. The molecule has 1 N–H and O–H groups in total. The Balaban J connectivity index is 2.50. The van der Waals surface area contributed by atoms with E-state index in [-0.39, 0.29) is 52.6 Å². The van der Waals surface area contributed by atoms with Crippen LogP contribution < -0.4 is 11.2 Å². The molecule has 0 aliphatic carbocycles. The highest BCUT2D eigenvalue weighted by Crippen LogP contribution is 2.55. The number of aromatic nitrogens is 2. The van der Waals surface area contributed by atoms with E-state index < -0.39 is 64.0 Å². The molecule has 3 atom stereocenters. The van der Waals surface area contributed by atoms with Crippen molar-refractivity contribution in [3.05, 3.63) is 78.8 Å². The Morgan fingerprint density at radius 2 is 1.27 bits per heavy atom. The van der Waals surface area contributed by atoms with Crippen LogP contribution in [-0.2, 0) is 45.7 Å². The third-order valence-electron chi connectivity index (χ3n) is 6.10. The Kier molecular flexibility index (Phi) is 15.1. The average molecular weight is 658 g/mol. The molecule has 240 valence electrons. The van der Waals surface area contributed by atoms with Crippen molar-refractivity contribution >= 4 is 15.6 Å². The fourth-order valence-electron chi connectivity index (χ4n) is 3.89. The molecule has 2 heterocycles. The van der Waals surface area contributed by atoms with Crippen LogP contribution in [0.5, 0.6) is 0 Å². The van der Waals surface area contributed by atoms with Gasteiger partial charge in [-0.25, -0.2) is 40.2 Å². The van der Waals surface area contributed by atoms with Gasteiger partial charge in [0, 0.05) is 25.3 Å². The van der Waals surface area contributed by atoms with E-state index in [1.165, 1.54) is 13.3 Å². The second-order valence-electron chi connectivity index (χ2n) is 8.88. The molecule has 20 heteroatoms. The van der Waals surface area contributed by atoms with Crippen LogP contribution in [0.1, 0.15) is 13.2 Å². The maximum Gasteiger partial charge on any atom is 0.475 e. The molecular weight excluding hydrogens is 626 g/mol. The van der Waals surface area contributed by atoms with E-state index in [9.17, 15) is 18.7 Å². The number of nitrogens with one attached hydrogen (secondary N) is 1. The Labute approximate surface area is 253 Å². The van der Waals surface area contributed by atoms with Crippen molar-refractivity contribution in [1.29, 1.82) is 0 Å². The van der Waals surface area contributed by atoms with Gasteiger partial charge in [-0.05, 0) is 0 Å². The summed E-state index contributed by atoms with van der Waals surface area (Å²) in [6.45, 7) is 26.1. The van der Waals surface area contributed by atoms with Gasteiger partial charge in [0.1, 0.15) is 38.1 Å². The number of phosphoric ester groups is 2. The quantitative estimate of drug-likeness (QED) is 0.123. The molecule has 2 rings (SSSR count). The minimum atomic E-state index is -4.42. The number of nitrogens with zero attached hydrogens (tertiary/aromatic N) is 5. The van der Waals surface area contributed by atoms with E-state index in [0.29, 0.717) is 0 Å². The summed E-state index contributed by atoms with van der Waals surface area (Å²) in [5.41, 5.74) is -3.24. The fraction of sp³-hybridized carbons (Fsp3) is 0.667. The van der Waals surface area contributed by atoms with Crippen molar-refractivity contribution in [2.75, 3.05) is 72.9 Å². The van der Waals surface area contributed by atoms with Crippen molar-refractivity contribution in [2.24, 2.45) is 5.92 Å². The maximum atomic E-state index is 13.5. The van der Waals surface area contributed by atoms with Gasteiger partial charge in [-0.3, -0.25) is 41.5 Å². The highest BCUT2D eigenvalue weighted by molar-refractivity contribution is 7.48. The summed E-state index contributed by atoms with van der Waals surface area (Å²) in [6, 6.07) is 1.09. The summed E-state index contributed by atoms with van der Waals surface area (Å²) < 4.78 is 72.1. The monoisotopic (exact) mass is 658 g/mol. The molecule has 1 aliphatic heterocycles. The first-order valence-corrected chi connectivity index (χ1v) is 15.9. The van der Waals surface area contributed by atoms with E-state index in [0.717, 1.165) is 10.6 Å². The number of phosphoric acid groups is 2. The summed E-state index contributed by atoms with van der Waals surface area (Å²) in [5.74, 6) is -0.795. The molecule has 1 aromatic rings. The molecule has 0 radical (unpaired) electrons. The third-order valence-corrected chi connectivity index (χ3v) is 8.99.